The quantitative estimate of drug-likeness (QED) is 0.763. The minimum absolute atomic E-state index is 0.263. The fourth-order valence-electron chi connectivity index (χ4n) is 2.47. The van der Waals surface area contributed by atoms with Gasteiger partial charge in [0.25, 0.3) is 0 Å². The van der Waals surface area contributed by atoms with E-state index in [0.717, 1.165) is 38.0 Å². The monoisotopic (exact) mass is 261 g/mol. The van der Waals surface area contributed by atoms with Crippen LogP contribution in [0.25, 0.3) is 0 Å². The molecule has 1 unspecified atom stereocenters. The van der Waals surface area contributed by atoms with Crippen LogP contribution in [0.15, 0.2) is 24.3 Å². The molecule has 0 radical (unpaired) electrons. The Morgan fingerprint density at radius 2 is 2.16 bits per heavy atom. The van der Waals surface area contributed by atoms with Gasteiger partial charge in [0.1, 0.15) is 18.1 Å². The van der Waals surface area contributed by atoms with Crippen LogP contribution < -0.4 is 4.74 Å². The van der Waals surface area contributed by atoms with Crippen molar-refractivity contribution in [2.75, 3.05) is 20.1 Å². The summed E-state index contributed by atoms with van der Waals surface area (Å²) in [5.41, 5.74) is 1.18. The number of aldehydes is 1. The van der Waals surface area contributed by atoms with Crippen LogP contribution in [0.1, 0.15) is 37.7 Å². The molecule has 0 amide bonds. The number of carbonyl (C=O) groups excluding carboxylic acids is 1. The average Bonchev–Trinajstić information content (AvgIpc) is 2.42. The maximum absolute atomic E-state index is 10.6. The summed E-state index contributed by atoms with van der Waals surface area (Å²) in [6.07, 6.45) is 4.05. The number of nitrogens with zero attached hydrogens (tertiary/aromatic N) is 1. The summed E-state index contributed by atoms with van der Waals surface area (Å²) in [4.78, 5) is 12.9. The molecule has 1 saturated heterocycles. The van der Waals surface area contributed by atoms with Crippen molar-refractivity contribution in [3.8, 4) is 5.75 Å². The molecule has 0 aromatic heterocycles. The Hall–Kier alpha value is -1.35. The number of hydrogen-bond donors (Lipinski definition) is 0. The van der Waals surface area contributed by atoms with Crippen molar-refractivity contribution in [1.29, 1.82) is 0 Å². The molecule has 3 heteroatoms. The lowest BCUT2D eigenvalue weighted by Gasteiger charge is -2.29. The molecular formula is C16H23NO2. The van der Waals surface area contributed by atoms with Gasteiger partial charge in [-0.1, -0.05) is 19.1 Å². The van der Waals surface area contributed by atoms with E-state index in [4.69, 9.17) is 4.74 Å². The summed E-state index contributed by atoms with van der Waals surface area (Å²) in [5.74, 6) is 1.20. The number of piperidine rings is 1. The molecule has 0 N–H and O–H groups in total. The molecular weight excluding hydrogens is 238 g/mol. The third-order valence-electron chi connectivity index (χ3n) is 3.85. The molecule has 1 atom stereocenters. The number of rotatable bonds is 5. The summed E-state index contributed by atoms with van der Waals surface area (Å²) in [7, 11) is 2.15. The normalized spacial score (nSPS) is 19.1. The summed E-state index contributed by atoms with van der Waals surface area (Å²) in [5, 5.41) is 0. The van der Waals surface area contributed by atoms with Crippen molar-refractivity contribution in [1.82, 2.24) is 4.90 Å². The average molecular weight is 261 g/mol. The number of hydrogen-bond acceptors (Lipinski definition) is 3. The number of ether oxygens (including phenoxy) is 1. The summed E-state index contributed by atoms with van der Waals surface area (Å²) in [6.45, 7) is 4.28. The van der Waals surface area contributed by atoms with Gasteiger partial charge in [-0.05, 0) is 43.5 Å². The Bertz CT molecular complexity index is 411. The molecule has 1 heterocycles. The first-order valence-corrected chi connectivity index (χ1v) is 7.08. The highest BCUT2D eigenvalue weighted by Crippen LogP contribution is 2.24. The van der Waals surface area contributed by atoms with Gasteiger partial charge < -0.3 is 14.4 Å². The SMILES string of the molecule is CC(CC=O)c1cccc(OC2CCN(C)CC2)c1. The maximum Gasteiger partial charge on any atom is 0.120 e. The van der Waals surface area contributed by atoms with Gasteiger partial charge in [-0.25, -0.2) is 0 Å². The van der Waals surface area contributed by atoms with Crippen LogP contribution >= 0.6 is 0 Å². The molecule has 3 nitrogen and oxygen atoms in total. The number of carbonyl (C=O) groups is 1. The van der Waals surface area contributed by atoms with Crippen LogP contribution in [0.2, 0.25) is 0 Å². The van der Waals surface area contributed by atoms with Gasteiger partial charge in [0.05, 0.1) is 0 Å². The molecule has 1 aromatic rings. The molecule has 1 aliphatic heterocycles. The smallest absolute Gasteiger partial charge is 0.120 e. The van der Waals surface area contributed by atoms with E-state index in [9.17, 15) is 4.79 Å². The van der Waals surface area contributed by atoms with Gasteiger partial charge in [-0.3, -0.25) is 0 Å². The van der Waals surface area contributed by atoms with Crippen LogP contribution in [-0.4, -0.2) is 37.4 Å². The van der Waals surface area contributed by atoms with E-state index in [1.807, 2.05) is 12.1 Å². The van der Waals surface area contributed by atoms with Crippen LogP contribution in [0.5, 0.6) is 5.75 Å². The molecule has 104 valence electrons. The molecule has 0 saturated carbocycles. The second-order valence-electron chi connectivity index (χ2n) is 5.50. The van der Waals surface area contributed by atoms with E-state index in [-0.39, 0.29) is 5.92 Å². The number of likely N-dealkylation sites (tertiary alicyclic amines) is 1. The van der Waals surface area contributed by atoms with Crippen LogP contribution in [0.3, 0.4) is 0 Å². The van der Waals surface area contributed by atoms with Crippen molar-refractivity contribution in [3.05, 3.63) is 29.8 Å². The van der Waals surface area contributed by atoms with Gasteiger partial charge in [0.2, 0.25) is 0 Å². The Morgan fingerprint density at radius 1 is 1.42 bits per heavy atom. The molecule has 1 fully saturated rings. The van der Waals surface area contributed by atoms with Gasteiger partial charge in [-0.2, -0.15) is 0 Å². The summed E-state index contributed by atoms with van der Waals surface area (Å²) < 4.78 is 6.06. The second-order valence-corrected chi connectivity index (χ2v) is 5.50. The fourth-order valence-corrected chi connectivity index (χ4v) is 2.47. The molecule has 0 bridgehead atoms. The van der Waals surface area contributed by atoms with Gasteiger partial charge in [0.15, 0.2) is 0 Å². The number of benzene rings is 1. The highest BCUT2D eigenvalue weighted by Gasteiger charge is 2.18. The molecule has 0 spiro atoms. The third-order valence-corrected chi connectivity index (χ3v) is 3.85. The first-order chi connectivity index (χ1) is 9.19. The van der Waals surface area contributed by atoms with Crippen LogP contribution in [0.4, 0.5) is 0 Å². The summed E-state index contributed by atoms with van der Waals surface area (Å²) >= 11 is 0. The zero-order chi connectivity index (χ0) is 13.7. The Balaban J connectivity index is 1.97. The second kappa shape index (κ2) is 6.71. The lowest BCUT2D eigenvalue weighted by atomic mass is 9.98. The first-order valence-electron chi connectivity index (χ1n) is 7.08. The largest absolute Gasteiger partial charge is 0.490 e. The van der Waals surface area contributed by atoms with Crippen molar-refractivity contribution in [2.45, 2.75) is 38.2 Å². The Morgan fingerprint density at radius 3 is 2.84 bits per heavy atom. The van der Waals surface area contributed by atoms with E-state index < -0.39 is 0 Å². The summed E-state index contributed by atoms with van der Waals surface area (Å²) in [6, 6.07) is 8.17. The highest BCUT2D eigenvalue weighted by atomic mass is 16.5. The first kappa shape index (κ1) is 14.1. The minimum Gasteiger partial charge on any atom is -0.490 e. The van der Waals surface area contributed by atoms with Crippen molar-refractivity contribution in [3.63, 3.8) is 0 Å². The lowest BCUT2D eigenvalue weighted by Crippen LogP contribution is -2.35. The van der Waals surface area contributed by atoms with Gasteiger partial charge in [0, 0.05) is 19.5 Å². The van der Waals surface area contributed by atoms with E-state index >= 15 is 0 Å². The van der Waals surface area contributed by atoms with Crippen LogP contribution in [-0.2, 0) is 4.79 Å². The fraction of sp³-hybridized carbons (Fsp3) is 0.562. The van der Waals surface area contributed by atoms with Crippen molar-refractivity contribution in [2.24, 2.45) is 0 Å². The molecule has 1 aromatic carbocycles. The third kappa shape index (κ3) is 4.06. The Kier molecular flexibility index (Phi) is 4.97. The highest BCUT2D eigenvalue weighted by molar-refractivity contribution is 5.51. The predicted octanol–water partition coefficient (Wildman–Crippen LogP) is 2.85. The van der Waals surface area contributed by atoms with Crippen molar-refractivity contribution < 1.29 is 9.53 Å². The molecule has 1 aliphatic rings. The van der Waals surface area contributed by atoms with Crippen LogP contribution in [0, 0.1) is 0 Å². The topological polar surface area (TPSA) is 29.5 Å². The lowest BCUT2D eigenvalue weighted by molar-refractivity contribution is -0.108. The predicted molar refractivity (Wildman–Crippen MR) is 76.7 cm³/mol. The molecule has 19 heavy (non-hydrogen) atoms. The zero-order valence-corrected chi connectivity index (χ0v) is 11.8. The maximum atomic E-state index is 10.6. The van der Waals surface area contributed by atoms with E-state index in [2.05, 4.69) is 31.0 Å². The molecule has 0 aliphatic carbocycles. The van der Waals surface area contributed by atoms with E-state index in [0.29, 0.717) is 12.5 Å². The minimum atomic E-state index is 0.263. The Labute approximate surface area is 115 Å². The van der Waals surface area contributed by atoms with E-state index in [1.165, 1.54) is 5.56 Å². The van der Waals surface area contributed by atoms with E-state index in [1.54, 1.807) is 0 Å². The standard InChI is InChI=1S/C16H23NO2/c1-13(8-11-18)14-4-3-5-16(12-14)19-15-6-9-17(2)10-7-15/h3-5,11-13,15H,6-10H2,1-2H3. The van der Waals surface area contributed by atoms with Gasteiger partial charge in [-0.15, -0.1) is 0 Å². The van der Waals surface area contributed by atoms with Gasteiger partial charge >= 0.3 is 0 Å². The van der Waals surface area contributed by atoms with Crippen molar-refractivity contribution >= 4 is 6.29 Å². The molecule has 2 rings (SSSR count). The zero-order valence-electron chi connectivity index (χ0n) is 11.8.